The third kappa shape index (κ3) is 4.22. The number of benzene rings is 1. The normalized spacial score (nSPS) is 10.8. The van der Waals surface area contributed by atoms with Crippen molar-refractivity contribution in [3.63, 3.8) is 0 Å². The van der Waals surface area contributed by atoms with Crippen LogP contribution in [-0.2, 0) is 27.9 Å². The van der Waals surface area contributed by atoms with Crippen molar-refractivity contribution in [2.24, 2.45) is 7.05 Å². The van der Waals surface area contributed by atoms with Gasteiger partial charge in [0.05, 0.1) is 0 Å². The number of anilines is 1. The van der Waals surface area contributed by atoms with Crippen molar-refractivity contribution in [2.75, 3.05) is 11.9 Å². The fraction of sp³-hybridized carbons (Fsp3) is 0.235. The first-order valence-electron chi connectivity index (χ1n) is 7.95. The van der Waals surface area contributed by atoms with Gasteiger partial charge in [-0.2, -0.15) is 5.10 Å². The fourth-order valence-corrected chi connectivity index (χ4v) is 3.00. The van der Waals surface area contributed by atoms with Crippen molar-refractivity contribution in [3.05, 3.63) is 51.1 Å². The van der Waals surface area contributed by atoms with Crippen LogP contribution in [-0.4, -0.2) is 37.8 Å². The fourth-order valence-electron chi connectivity index (χ4n) is 2.41. The van der Waals surface area contributed by atoms with E-state index in [-0.39, 0.29) is 11.9 Å². The van der Waals surface area contributed by atoms with Crippen LogP contribution in [0.25, 0.3) is 11.0 Å². The van der Waals surface area contributed by atoms with E-state index >= 15 is 0 Å². The first-order chi connectivity index (χ1) is 12.8. The second kappa shape index (κ2) is 7.70. The Morgan fingerprint density at radius 2 is 1.96 bits per heavy atom. The Balaban J connectivity index is 1.61. The zero-order valence-electron chi connectivity index (χ0n) is 14.6. The molecule has 2 heterocycles. The maximum absolute atomic E-state index is 12.5. The highest BCUT2D eigenvalue weighted by Crippen LogP contribution is 2.16. The zero-order valence-corrected chi connectivity index (χ0v) is 16.2. The van der Waals surface area contributed by atoms with Gasteiger partial charge in [-0.05, 0) is 35.0 Å². The van der Waals surface area contributed by atoms with Gasteiger partial charge in [0.1, 0.15) is 22.9 Å². The molecule has 1 amide bonds. The Bertz CT molecular complexity index is 1070. The highest BCUT2D eigenvalue weighted by atomic mass is 79.9. The third-order valence-electron chi connectivity index (χ3n) is 3.77. The lowest BCUT2D eigenvalue weighted by atomic mass is 10.2. The molecule has 27 heavy (non-hydrogen) atoms. The number of rotatable bonds is 5. The van der Waals surface area contributed by atoms with Crippen molar-refractivity contribution < 1.29 is 14.3 Å². The summed E-state index contributed by atoms with van der Waals surface area (Å²) in [5.41, 5.74) is 1.64. The predicted octanol–water partition coefficient (Wildman–Crippen LogP) is 1.38. The molecule has 1 aromatic carbocycles. The largest absolute Gasteiger partial charge is 0.454 e. The number of fused-ring (bicyclic) bond motifs is 1. The maximum Gasteiger partial charge on any atom is 0.326 e. The van der Waals surface area contributed by atoms with Crippen LogP contribution in [0.15, 0.2) is 40.0 Å². The molecule has 0 spiro atoms. The standard InChI is InChI=1S/C17H16BrN5O4/c1-10-3-5-11(6-4-10)20-12(24)8-27-13(25)7-23-9-19-16-14(17(23)26)15(18)21-22(16)2/h3-6,9H,7-8H2,1-2H3,(H,20,24). The first kappa shape index (κ1) is 18.8. The summed E-state index contributed by atoms with van der Waals surface area (Å²) in [6.45, 7) is 1.13. The number of esters is 1. The summed E-state index contributed by atoms with van der Waals surface area (Å²) in [6.07, 6.45) is 1.24. The third-order valence-corrected chi connectivity index (χ3v) is 4.32. The van der Waals surface area contributed by atoms with E-state index in [0.29, 0.717) is 15.9 Å². The molecular weight excluding hydrogens is 418 g/mol. The minimum Gasteiger partial charge on any atom is -0.454 e. The number of nitrogens with zero attached hydrogens (tertiary/aromatic N) is 4. The number of aromatic nitrogens is 4. The molecule has 2 aromatic heterocycles. The minimum atomic E-state index is -0.725. The Morgan fingerprint density at radius 3 is 2.67 bits per heavy atom. The van der Waals surface area contributed by atoms with Gasteiger partial charge in [-0.1, -0.05) is 17.7 Å². The van der Waals surface area contributed by atoms with Crippen LogP contribution >= 0.6 is 15.9 Å². The lowest BCUT2D eigenvalue weighted by Crippen LogP contribution is -2.28. The number of hydrogen-bond donors (Lipinski definition) is 1. The van der Waals surface area contributed by atoms with E-state index in [1.54, 1.807) is 19.2 Å². The number of hydrogen-bond acceptors (Lipinski definition) is 6. The molecule has 0 saturated carbocycles. The highest BCUT2D eigenvalue weighted by Gasteiger charge is 2.16. The van der Waals surface area contributed by atoms with E-state index in [1.165, 1.54) is 11.0 Å². The van der Waals surface area contributed by atoms with Gasteiger partial charge in [-0.25, -0.2) is 9.67 Å². The van der Waals surface area contributed by atoms with Crippen molar-refractivity contribution in [1.29, 1.82) is 0 Å². The van der Waals surface area contributed by atoms with E-state index < -0.39 is 24.0 Å². The second-order valence-electron chi connectivity index (χ2n) is 5.87. The zero-order chi connectivity index (χ0) is 19.6. The molecular formula is C17H16BrN5O4. The molecule has 10 heteroatoms. The molecule has 0 radical (unpaired) electrons. The molecule has 3 aromatic rings. The van der Waals surface area contributed by atoms with Gasteiger partial charge in [0, 0.05) is 12.7 Å². The number of ether oxygens (including phenoxy) is 1. The SMILES string of the molecule is Cc1ccc(NC(=O)COC(=O)Cn2cnc3c(c(Br)nn3C)c2=O)cc1. The van der Waals surface area contributed by atoms with Gasteiger partial charge in [0.15, 0.2) is 12.3 Å². The van der Waals surface area contributed by atoms with Gasteiger partial charge in [0.25, 0.3) is 11.5 Å². The van der Waals surface area contributed by atoms with Crippen molar-refractivity contribution in [3.8, 4) is 0 Å². The van der Waals surface area contributed by atoms with Crippen LogP contribution in [0.3, 0.4) is 0 Å². The van der Waals surface area contributed by atoms with Gasteiger partial charge in [0.2, 0.25) is 0 Å². The van der Waals surface area contributed by atoms with Crippen molar-refractivity contribution in [2.45, 2.75) is 13.5 Å². The van der Waals surface area contributed by atoms with Crippen molar-refractivity contribution in [1.82, 2.24) is 19.3 Å². The van der Waals surface area contributed by atoms with Crippen LogP contribution in [0.4, 0.5) is 5.69 Å². The highest BCUT2D eigenvalue weighted by molar-refractivity contribution is 9.10. The summed E-state index contributed by atoms with van der Waals surface area (Å²) >= 11 is 3.20. The Kier molecular flexibility index (Phi) is 5.36. The van der Waals surface area contributed by atoms with Crippen molar-refractivity contribution >= 4 is 44.5 Å². The smallest absolute Gasteiger partial charge is 0.326 e. The van der Waals surface area contributed by atoms with Crippen LogP contribution in [0.1, 0.15) is 5.56 Å². The predicted molar refractivity (Wildman–Crippen MR) is 101 cm³/mol. The molecule has 3 rings (SSSR count). The lowest BCUT2D eigenvalue weighted by Gasteiger charge is -2.08. The number of carbonyl (C=O) groups is 2. The topological polar surface area (TPSA) is 108 Å². The molecule has 0 fully saturated rings. The van der Waals surface area contributed by atoms with E-state index in [0.717, 1.165) is 10.1 Å². The van der Waals surface area contributed by atoms with Crippen LogP contribution in [0, 0.1) is 6.92 Å². The van der Waals surface area contributed by atoms with Gasteiger partial charge in [-0.3, -0.25) is 19.0 Å². The Hall–Kier alpha value is -3.01. The average Bonchev–Trinajstić information content (AvgIpc) is 2.92. The minimum absolute atomic E-state index is 0.268. The van der Waals surface area contributed by atoms with E-state index in [2.05, 4.69) is 31.3 Å². The average molecular weight is 434 g/mol. The molecule has 0 aliphatic carbocycles. The van der Waals surface area contributed by atoms with E-state index in [1.807, 2.05) is 19.1 Å². The quantitative estimate of drug-likeness (QED) is 0.608. The summed E-state index contributed by atoms with van der Waals surface area (Å²) < 4.78 is 7.84. The second-order valence-corrected chi connectivity index (χ2v) is 6.62. The molecule has 0 bridgehead atoms. The first-order valence-corrected chi connectivity index (χ1v) is 8.74. The molecule has 140 valence electrons. The van der Waals surface area contributed by atoms with Gasteiger partial charge in [-0.15, -0.1) is 0 Å². The number of carbonyl (C=O) groups excluding carboxylic acids is 2. The maximum atomic E-state index is 12.5. The molecule has 0 unspecified atom stereocenters. The summed E-state index contributed by atoms with van der Waals surface area (Å²) in [4.78, 5) is 40.4. The Morgan fingerprint density at radius 1 is 1.26 bits per heavy atom. The Labute approximate surface area is 162 Å². The molecule has 0 atom stereocenters. The van der Waals surface area contributed by atoms with Crippen LogP contribution in [0.5, 0.6) is 0 Å². The number of amides is 1. The molecule has 0 aliphatic rings. The lowest BCUT2D eigenvalue weighted by molar-refractivity contribution is -0.147. The summed E-state index contributed by atoms with van der Waals surface area (Å²) in [5.74, 6) is -1.19. The summed E-state index contributed by atoms with van der Waals surface area (Å²) in [5, 5.41) is 6.95. The number of nitrogens with one attached hydrogen (secondary N) is 1. The van der Waals surface area contributed by atoms with Crippen LogP contribution in [0.2, 0.25) is 0 Å². The molecule has 9 nitrogen and oxygen atoms in total. The van der Waals surface area contributed by atoms with Crippen LogP contribution < -0.4 is 10.9 Å². The molecule has 1 N–H and O–H groups in total. The number of halogens is 1. The molecule has 0 saturated heterocycles. The van der Waals surface area contributed by atoms with Gasteiger partial charge >= 0.3 is 5.97 Å². The number of aryl methyl sites for hydroxylation is 2. The molecule has 0 aliphatic heterocycles. The summed E-state index contributed by atoms with van der Waals surface area (Å²) in [7, 11) is 1.66. The summed E-state index contributed by atoms with van der Waals surface area (Å²) in [6, 6.07) is 7.21. The monoisotopic (exact) mass is 433 g/mol. The van der Waals surface area contributed by atoms with E-state index in [4.69, 9.17) is 4.74 Å². The van der Waals surface area contributed by atoms with Gasteiger partial charge < -0.3 is 10.1 Å². The van der Waals surface area contributed by atoms with E-state index in [9.17, 15) is 14.4 Å².